The van der Waals surface area contributed by atoms with E-state index in [0.717, 1.165) is 57.6 Å². The molecule has 1 aliphatic rings. The quantitative estimate of drug-likeness (QED) is 0.412. The maximum absolute atomic E-state index is 10.5. The fourth-order valence-corrected chi connectivity index (χ4v) is 3.08. The molecule has 1 aliphatic carbocycles. The maximum atomic E-state index is 10.5. The van der Waals surface area contributed by atoms with E-state index in [1.165, 1.54) is 12.0 Å². The number of aryl methyl sites for hydroxylation is 1. The molecule has 0 amide bonds. The zero-order valence-electron chi connectivity index (χ0n) is 14.4. The Morgan fingerprint density at radius 1 is 1.13 bits per heavy atom. The molecule has 0 bridgehead atoms. The number of nitrogens with one attached hydrogen (secondary N) is 2. The van der Waals surface area contributed by atoms with Crippen molar-refractivity contribution in [3.05, 3.63) is 35.9 Å². The minimum Gasteiger partial charge on any atom is -0.388 e. The van der Waals surface area contributed by atoms with Gasteiger partial charge < -0.3 is 15.7 Å². The molecule has 0 atom stereocenters. The third-order valence-electron chi connectivity index (χ3n) is 4.44. The first-order valence-corrected chi connectivity index (χ1v) is 9.00. The van der Waals surface area contributed by atoms with E-state index >= 15 is 0 Å². The molecule has 1 aromatic carbocycles. The van der Waals surface area contributed by atoms with Crippen LogP contribution in [0, 0.1) is 0 Å². The molecule has 0 unspecified atom stereocenters. The first-order valence-electron chi connectivity index (χ1n) is 9.00. The van der Waals surface area contributed by atoms with Gasteiger partial charge in [0.25, 0.3) is 0 Å². The van der Waals surface area contributed by atoms with Gasteiger partial charge in [0.05, 0.1) is 12.1 Å². The van der Waals surface area contributed by atoms with Gasteiger partial charge in [0.1, 0.15) is 0 Å². The standard InChI is InChI=1S/C19H31N3O/c1-2-20-18(22-16-19(23)13-7-4-8-14-19)21-15-9-12-17-10-5-3-6-11-17/h3,5-6,10-11,23H,2,4,7-9,12-16H2,1H3,(H2,20,21,22). The molecule has 2 rings (SSSR count). The molecular weight excluding hydrogens is 286 g/mol. The smallest absolute Gasteiger partial charge is 0.191 e. The highest BCUT2D eigenvalue weighted by Crippen LogP contribution is 2.28. The fourth-order valence-electron chi connectivity index (χ4n) is 3.08. The summed E-state index contributed by atoms with van der Waals surface area (Å²) in [4.78, 5) is 4.60. The number of benzene rings is 1. The summed E-state index contributed by atoms with van der Waals surface area (Å²) >= 11 is 0. The van der Waals surface area contributed by atoms with E-state index in [9.17, 15) is 5.11 Å². The van der Waals surface area contributed by atoms with E-state index in [2.05, 4.69) is 46.8 Å². The molecule has 1 aromatic rings. The van der Waals surface area contributed by atoms with Gasteiger partial charge in [0.2, 0.25) is 0 Å². The Bertz CT molecular complexity index is 467. The van der Waals surface area contributed by atoms with Gasteiger partial charge in [-0.2, -0.15) is 0 Å². The van der Waals surface area contributed by atoms with Crippen LogP contribution < -0.4 is 10.6 Å². The summed E-state index contributed by atoms with van der Waals surface area (Å²) in [6, 6.07) is 10.5. The SMILES string of the molecule is CCNC(=NCC1(O)CCCCC1)NCCCc1ccccc1. The predicted molar refractivity (Wildman–Crippen MR) is 96.8 cm³/mol. The number of nitrogens with zero attached hydrogens (tertiary/aromatic N) is 1. The van der Waals surface area contributed by atoms with E-state index in [1.807, 2.05) is 6.07 Å². The minimum absolute atomic E-state index is 0.501. The Balaban J connectivity index is 1.75. The van der Waals surface area contributed by atoms with Crippen molar-refractivity contribution in [1.82, 2.24) is 10.6 Å². The van der Waals surface area contributed by atoms with Crippen molar-refractivity contribution in [3.8, 4) is 0 Å². The van der Waals surface area contributed by atoms with E-state index < -0.39 is 5.60 Å². The lowest BCUT2D eigenvalue weighted by atomic mass is 9.85. The second-order valence-corrected chi connectivity index (χ2v) is 6.50. The predicted octanol–water partition coefficient (Wildman–Crippen LogP) is 2.87. The van der Waals surface area contributed by atoms with Crippen molar-refractivity contribution >= 4 is 5.96 Å². The van der Waals surface area contributed by atoms with Crippen LogP contribution in [0.2, 0.25) is 0 Å². The summed E-state index contributed by atoms with van der Waals surface area (Å²) in [5.41, 5.74) is 0.776. The average Bonchev–Trinajstić information content (AvgIpc) is 2.58. The van der Waals surface area contributed by atoms with Crippen LogP contribution in [0.15, 0.2) is 35.3 Å². The topological polar surface area (TPSA) is 56.7 Å². The molecule has 0 aromatic heterocycles. The van der Waals surface area contributed by atoms with Gasteiger partial charge in [-0.25, -0.2) is 0 Å². The lowest BCUT2D eigenvalue weighted by Crippen LogP contribution is -2.41. The number of hydrogen-bond acceptors (Lipinski definition) is 2. The molecule has 3 N–H and O–H groups in total. The number of rotatable bonds is 7. The molecule has 1 fully saturated rings. The van der Waals surface area contributed by atoms with E-state index in [0.29, 0.717) is 6.54 Å². The van der Waals surface area contributed by atoms with Crippen LogP contribution in [-0.2, 0) is 6.42 Å². The summed E-state index contributed by atoms with van der Waals surface area (Å²) in [5, 5.41) is 17.2. The third kappa shape index (κ3) is 6.61. The molecule has 4 nitrogen and oxygen atoms in total. The molecule has 23 heavy (non-hydrogen) atoms. The molecular formula is C19H31N3O. The van der Waals surface area contributed by atoms with Gasteiger partial charge in [-0.05, 0) is 38.2 Å². The second-order valence-electron chi connectivity index (χ2n) is 6.50. The van der Waals surface area contributed by atoms with Crippen molar-refractivity contribution in [2.75, 3.05) is 19.6 Å². The third-order valence-corrected chi connectivity index (χ3v) is 4.44. The van der Waals surface area contributed by atoms with Crippen molar-refractivity contribution in [3.63, 3.8) is 0 Å². The molecule has 0 heterocycles. The molecule has 0 aliphatic heterocycles. The van der Waals surface area contributed by atoms with Gasteiger partial charge in [0, 0.05) is 13.1 Å². The van der Waals surface area contributed by atoms with Gasteiger partial charge >= 0.3 is 0 Å². The van der Waals surface area contributed by atoms with Crippen LogP contribution >= 0.6 is 0 Å². The van der Waals surface area contributed by atoms with Gasteiger partial charge in [-0.1, -0.05) is 49.6 Å². The normalized spacial score (nSPS) is 17.7. The molecule has 1 saturated carbocycles. The maximum Gasteiger partial charge on any atom is 0.191 e. The van der Waals surface area contributed by atoms with Crippen LogP contribution in [0.25, 0.3) is 0 Å². The zero-order chi connectivity index (χ0) is 16.4. The van der Waals surface area contributed by atoms with E-state index in [-0.39, 0.29) is 0 Å². The van der Waals surface area contributed by atoms with Gasteiger partial charge in [-0.3, -0.25) is 4.99 Å². The summed E-state index contributed by atoms with van der Waals surface area (Å²) in [7, 11) is 0. The lowest BCUT2D eigenvalue weighted by Gasteiger charge is -2.30. The molecule has 0 saturated heterocycles. The highest BCUT2D eigenvalue weighted by atomic mass is 16.3. The molecule has 0 spiro atoms. The second kappa shape index (κ2) is 9.56. The van der Waals surface area contributed by atoms with Crippen LogP contribution in [-0.4, -0.2) is 36.3 Å². The molecule has 4 heteroatoms. The van der Waals surface area contributed by atoms with Gasteiger partial charge in [0.15, 0.2) is 5.96 Å². The number of guanidine groups is 1. The molecule has 128 valence electrons. The summed E-state index contributed by atoms with van der Waals surface area (Å²) in [5.74, 6) is 0.819. The average molecular weight is 317 g/mol. The highest BCUT2D eigenvalue weighted by Gasteiger charge is 2.28. The fraction of sp³-hybridized carbons (Fsp3) is 0.632. The largest absolute Gasteiger partial charge is 0.388 e. The summed E-state index contributed by atoms with van der Waals surface area (Å²) in [6.07, 6.45) is 7.37. The first-order chi connectivity index (χ1) is 11.2. The van der Waals surface area contributed by atoms with Crippen LogP contribution in [0.3, 0.4) is 0 Å². The van der Waals surface area contributed by atoms with Crippen LogP contribution in [0.5, 0.6) is 0 Å². The Labute approximate surface area is 140 Å². The Hall–Kier alpha value is -1.55. The van der Waals surface area contributed by atoms with Crippen LogP contribution in [0.4, 0.5) is 0 Å². The van der Waals surface area contributed by atoms with Crippen molar-refractivity contribution < 1.29 is 5.11 Å². The van der Waals surface area contributed by atoms with Crippen molar-refractivity contribution in [1.29, 1.82) is 0 Å². The molecule has 0 radical (unpaired) electrons. The van der Waals surface area contributed by atoms with Crippen molar-refractivity contribution in [2.24, 2.45) is 4.99 Å². The monoisotopic (exact) mass is 317 g/mol. The number of aliphatic hydroxyl groups is 1. The van der Waals surface area contributed by atoms with Crippen molar-refractivity contribution in [2.45, 2.75) is 57.5 Å². The van der Waals surface area contributed by atoms with E-state index in [1.54, 1.807) is 0 Å². The Morgan fingerprint density at radius 3 is 2.57 bits per heavy atom. The lowest BCUT2D eigenvalue weighted by molar-refractivity contribution is 0.0131. The van der Waals surface area contributed by atoms with Crippen LogP contribution in [0.1, 0.15) is 51.0 Å². The Morgan fingerprint density at radius 2 is 1.87 bits per heavy atom. The zero-order valence-corrected chi connectivity index (χ0v) is 14.4. The van der Waals surface area contributed by atoms with E-state index in [4.69, 9.17) is 0 Å². The summed E-state index contributed by atoms with van der Waals surface area (Å²) < 4.78 is 0. The minimum atomic E-state index is -0.593. The summed E-state index contributed by atoms with van der Waals surface area (Å²) in [6.45, 7) is 4.29. The highest BCUT2D eigenvalue weighted by molar-refractivity contribution is 5.79. The number of aliphatic imine (C=N–C) groups is 1. The van der Waals surface area contributed by atoms with Gasteiger partial charge in [-0.15, -0.1) is 0 Å². The first kappa shape index (κ1) is 17.8. The number of hydrogen-bond donors (Lipinski definition) is 3. The Kier molecular flexibility index (Phi) is 7.40.